The minimum atomic E-state index is -0.0547. The molecular formula is C16H28BrN3O. The molecule has 0 saturated carbocycles. The van der Waals surface area contributed by atoms with Crippen LogP contribution < -0.4 is 5.32 Å². The largest absolute Gasteiger partial charge is 0.370 e. The van der Waals surface area contributed by atoms with Gasteiger partial charge in [0.25, 0.3) is 0 Å². The van der Waals surface area contributed by atoms with Crippen molar-refractivity contribution in [1.29, 1.82) is 0 Å². The number of aromatic nitrogens is 2. The molecule has 4 nitrogen and oxygen atoms in total. The molecule has 0 saturated heterocycles. The van der Waals surface area contributed by atoms with Gasteiger partial charge in [-0.2, -0.15) is 0 Å². The molecule has 5 heteroatoms. The summed E-state index contributed by atoms with van der Waals surface area (Å²) in [5.41, 5.74) is 1.06. The Kier molecular flexibility index (Phi) is 8.19. The quantitative estimate of drug-likeness (QED) is 0.692. The Bertz CT molecular complexity index is 438. The number of halogens is 1. The fourth-order valence-electron chi connectivity index (χ4n) is 2.15. The minimum absolute atomic E-state index is 0.0547. The van der Waals surface area contributed by atoms with Crippen LogP contribution in [0.3, 0.4) is 0 Å². The first kappa shape index (κ1) is 18.4. The first-order valence-corrected chi connectivity index (χ1v) is 8.76. The molecule has 0 radical (unpaired) electrons. The van der Waals surface area contributed by atoms with Crippen LogP contribution in [0.15, 0.2) is 4.47 Å². The van der Waals surface area contributed by atoms with Crippen molar-refractivity contribution in [3.63, 3.8) is 0 Å². The summed E-state index contributed by atoms with van der Waals surface area (Å²) >= 11 is 3.64. The molecular weight excluding hydrogens is 330 g/mol. The SMILES string of the molecule is CCCNc1nc(C(OCC)C(C)C)nc(CCC)c1Br. The van der Waals surface area contributed by atoms with Gasteiger partial charge in [-0.3, -0.25) is 0 Å². The van der Waals surface area contributed by atoms with E-state index in [1.165, 1.54) is 0 Å². The molecule has 1 unspecified atom stereocenters. The van der Waals surface area contributed by atoms with Gasteiger partial charge in [0.1, 0.15) is 11.9 Å². The summed E-state index contributed by atoms with van der Waals surface area (Å²) in [6, 6.07) is 0. The molecule has 1 aromatic rings. The van der Waals surface area contributed by atoms with Gasteiger partial charge in [-0.05, 0) is 41.6 Å². The van der Waals surface area contributed by atoms with Crippen LogP contribution in [-0.4, -0.2) is 23.1 Å². The smallest absolute Gasteiger partial charge is 0.160 e. The Morgan fingerprint density at radius 2 is 1.86 bits per heavy atom. The highest BCUT2D eigenvalue weighted by Crippen LogP contribution is 2.30. The lowest BCUT2D eigenvalue weighted by Gasteiger charge is -2.21. The lowest BCUT2D eigenvalue weighted by Crippen LogP contribution is -2.17. The molecule has 1 aromatic heterocycles. The number of anilines is 1. The van der Waals surface area contributed by atoms with Gasteiger partial charge in [0, 0.05) is 13.2 Å². The average molecular weight is 358 g/mol. The summed E-state index contributed by atoms with van der Waals surface area (Å²) in [5, 5.41) is 3.38. The van der Waals surface area contributed by atoms with Crippen molar-refractivity contribution in [2.45, 2.75) is 60.0 Å². The molecule has 120 valence electrons. The van der Waals surface area contributed by atoms with E-state index >= 15 is 0 Å². The zero-order valence-corrected chi connectivity index (χ0v) is 15.5. The second-order valence-electron chi connectivity index (χ2n) is 5.49. The van der Waals surface area contributed by atoms with Gasteiger partial charge in [0.15, 0.2) is 5.82 Å². The third-order valence-corrected chi connectivity index (χ3v) is 4.01. The van der Waals surface area contributed by atoms with Crippen LogP contribution in [0.4, 0.5) is 5.82 Å². The molecule has 1 rings (SSSR count). The van der Waals surface area contributed by atoms with E-state index in [1.807, 2.05) is 6.92 Å². The second kappa shape index (κ2) is 9.36. The van der Waals surface area contributed by atoms with E-state index < -0.39 is 0 Å². The number of nitrogens with one attached hydrogen (secondary N) is 1. The van der Waals surface area contributed by atoms with E-state index in [0.717, 1.165) is 47.6 Å². The van der Waals surface area contributed by atoms with Crippen molar-refractivity contribution >= 4 is 21.7 Å². The van der Waals surface area contributed by atoms with Crippen LogP contribution >= 0.6 is 15.9 Å². The standard InChI is InChI=1S/C16H28BrN3O/c1-6-9-12-13(17)15(18-10-7-2)20-16(19-12)14(11(4)5)21-8-3/h11,14H,6-10H2,1-5H3,(H,18,19,20). The number of ether oxygens (including phenoxy) is 1. The van der Waals surface area contributed by atoms with Crippen molar-refractivity contribution in [2.75, 3.05) is 18.5 Å². The highest BCUT2D eigenvalue weighted by Gasteiger charge is 2.22. The molecule has 0 fully saturated rings. The molecule has 1 atom stereocenters. The Morgan fingerprint density at radius 1 is 1.14 bits per heavy atom. The van der Waals surface area contributed by atoms with Crippen molar-refractivity contribution in [2.24, 2.45) is 5.92 Å². The maximum absolute atomic E-state index is 5.85. The number of nitrogens with zero attached hydrogens (tertiary/aromatic N) is 2. The van der Waals surface area contributed by atoms with Crippen LogP contribution in [0.25, 0.3) is 0 Å². The van der Waals surface area contributed by atoms with E-state index in [9.17, 15) is 0 Å². The molecule has 1 N–H and O–H groups in total. The van der Waals surface area contributed by atoms with Crippen molar-refractivity contribution in [1.82, 2.24) is 9.97 Å². The zero-order valence-electron chi connectivity index (χ0n) is 13.9. The van der Waals surface area contributed by atoms with E-state index in [2.05, 4.69) is 48.9 Å². The third-order valence-electron chi connectivity index (χ3n) is 3.17. The predicted octanol–water partition coefficient (Wildman–Crippen LogP) is 4.75. The van der Waals surface area contributed by atoms with Crippen LogP contribution in [0.5, 0.6) is 0 Å². The average Bonchev–Trinajstić information content (AvgIpc) is 2.45. The first-order chi connectivity index (χ1) is 10.0. The Morgan fingerprint density at radius 3 is 2.38 bits per heavy atom. The van der Waals surface area contributed by atoms with Gasteiger partial charge in [-0.1, -0.05) is 34.1 Å². The Balaban J connectivity index is 3.20. The Labute approximate surface area is 137 Å². The summed E-state index contributed by atoms with van der Waals surface area (Å²) < 4.78 is 6.84. The normalized spacial score (nSPS) is 12.7. The van der Waals surface area contributed by atoms with Crippen molar-refractivity contribution < 1.29 is 4.74 Å². The molecule has 0 aliphatic heterocycles. The van der Waals surface area contributed by atoms with Crippen LogP contribution in [-0.2, 0) is 11.2 Å². The highest BCUT2D eigenvalue weighted by atomic mass is 79.9. The summed E-state index contributed by atoms with van der Waals surface area (Å²) in [6.07, 6.45) is 3.01. The van der Waals surface area contributed by atoms with Crippen molar-refractivity contribution in [3.8, 4) is 0 Å². The number of hydrogen-bond acceptors (Lipinski definition) is 4. The van der Waals surface area contributed by atoms with Crippen LogP contribution in [0, 0.1) is 5.92 Å². The molecule has 21 heavy (non-hydrogen) atoms. The van der Waals surface area contributed by atoms with Gasteiger partial charge in [-0.25, -0.2) is 9.97 Å². The van der Waals surface area contributed by atoms with E-state index in [4.69, 9.17) is 14.7 Å². The number of rotatable bonds is 9. The van der Waals surface area contributed by atoms with Gasteiger partial charge >= 0.3 is 0 Å². The zero-order chi connectivity index (χ0) is 15.8. The highest BCUT2D eigenvalue weighted by molar-refractivity contribution is 9.10. The monoisotopic (exact) mass is 357 g/mol. The molecule has 0 aliphatic rings. The fourth-order valence-corrected chi connectivity index (χ4v) is 2.66. The molecule has 1 heterocycles. The van der Waals surface area contributed by atoms with Gasteiger partial charge in [0.2, 0.25) is 0 Å². The van der Waals surface area contributed by atoms with Gasteiger partial charge in [-0.15, -0.1) is 0 Å². The molecule has 0 amide bonds. The summed E-state index contributed by atoms with van der Waals surface area (Å²) in [6.45, 7) is 12.2. The molecule has 0 bridgehead atoms. The van der Waals surface area contributed by atoms with Crippen molar-refractivity contribution in [3.05, 3.63) is 16.0 Å². The van der Waals surface area contributed by atoms with Crippen LogP contribution in [0.1, 0.15) is 65.1 Å². The van der Waals surface area contributed by atoms with Crippen LogP contribution in [0.2, 0.25) is 0 Å². The fraction of sp³-hybridized carbons (Fsp3) is 0.750. The minimum Gasteiger partial charge on any atom is -0.370 e. The lowest BCUT2D eigenvalue weighted by atomic mass is 10.1. The topological polar surface area (TPSA) is 47.0 Å². The summed E-state index contributed by atoms with van der Waals surface area (Å²) in [5.74, 6) is 2.02. The van der Waals surface area contributed by atoms with Gasteiger partial charge < -0.3 is 10.1 Å². The van der Waals surface area contributed by atoms with E-state index in [1.54, 1.807) is 0 Å². The van der Waals surface area contributed by atoms with Gasteiger partial charge in [0.05, 0.1) is 10.2 Å². The molecule has 0 aromatic carbocycles. The number of hydrogen-bond donors (Lipinski definition) is 1. The summed E-state index contributed by atoms with van der Waals surface area (Å²) in [4.78, 5) is 9.45. The maximum Gasteiger partial charge on any atom is 0.160 e. The molecule has 0 spiro atoms. The Hall–Kier alpha value is -0.680. The summed E-state index contributed by atoms with van der Waals surface area (Å²) in [7, 11) is 0. The molecule has 0 aliphatic carbocycles. The van der Waals surface area contributed by atoms with E-state index in [0.29, 0.717) is 12.5 Å². The van der Waals surface area contributed by atoms with E-state index in [-0.39, 0.29) is 6.10 Å². The number of aryl methyl sites for hydroxylation is 1. The predicted molar refractivity (Wildman–Crippen MR) is 91.7 cm³/mol. The first-order valence-electron chi connectivity index (χ1n) is 7.96. The lowest BCUT2D eigenvalue weighted by molar-refractivity contribution is 0.0231. The second-order valence-corrected chi connectivity index (χ2v) is 6.28. The third kappa shape index (κ3) is 5.22. The maximum atomic E-state index is 5.85.